The number of aromatic nitrogens is 3. The van der Waals surface area contributed by atoms with Gasteiger partial charge in [0.2, 0.25) is 11.1 Å². The normalized spacial score (nSPS) is 15.2. The van der Waals surface area contributed by atoms with Gasteiger partial charge in [0.15, 0.2) is 0 Å². The molecule has 1 aromatic heterocycles. The molecule has 20 heavy (non-hydrogen) atoms. The molecule has 1 aliphatic carbocycles. The van der Waals surface area contributed by atoms with Gasteiger partial charge in [-0.25, -0.2) is 9.78 Å². The molecule has 0 bridgehead atoms. The van der Waals surface area contributed by atoms with Crippen LogP contribution in [0, 0.1) is 5.92 Å². The standard InChI is InChI=1S/C12H19N5O2S/c1-13-11(19)15-10(18)7-20-12-14-9(16-17-12)6-8-4-2-3-5-8/h8H,2-7H2,1H3,(H,14,16,17)(H2,13,15,18,19). The van der Waals surface area contributed by atoms with Crippen LogP contribution in [-0.2, 0) is 11.2 Å². The molecule has 0 spiro atoms. The highest BCUT2D eigenvalue weighted by Crippen LogP contribution is 2.27. The first kappa shape index (κ1) is 14.8. The molecule has 0 aliphatic heterocycles. The van der Waals surface area contributed by atoms with Crippen LogP contribution >= 0.6 is 11.8 Å². The number of nitrogens with zero attached hydrogens (tertiary/aromatic N) is 2. The van der Waals surface area contributed by atoms with E-state index < -0.39 is 6.03 Å². The van der Waals surface area contributed by atoms with Gasteiger partial charge in [-0.3, -0.25) is 15.2 Å². The van der Waals surface area contributed by atoms with Gasteiger partial charge in [-0.05, 0) is 5.92 Å². The molecule has 1 heterocycles. The summed E-state index contributed by atoms with van der Waals surface area (Å²) in [7, 11) is 1.46. The number of imide groups is 1. The van der Waals surface area contributed by atoms with Gasteiger partial charge in [-0.15, -0.1) is 5.10 Å². The monoisotopic (exact) mass is 297 g/mol. The number of nitrogens with one attached hydrogen (secondary N) is 3. The molecular formula is C12H19N5O2S. The largest absolute Gasteiger partial charge is 0.341 e. The fourth-order valence-corrected chi connectivity index (χ4v) is 2.89. The van der Waals surface area contributed by atoms with E-state index in [1.807, 2.05) is 0 Å². The van der Waals surface area contributed by atoms with E-state index in [9.17, 15) is 9.59 Å². The third kappa shape index (κ3) is 4.52. The fraction of sp³-hybridized carbons (Fsp3) is 0.667. The molecule has 1 aromatic rings. The lowest BCUT2D eigenvalue weighted by Crippen LogP contribution is -2.38. The second-order valence-corrected chi connectivity index (χ2v) is 5.78. The van der Waals surface area contributed by atoms with Gasteiger partial charge in [0.05, 0.1) is 5.75 Å². The lowest BCUT2D eigenvalue weighted by atomic mass is 10.0. The van der Waals surface area contributed by atoms with E-state index in [0.717, 1.165) is 12.2 Å². The molecule has 0 atom stereocenters. The van der Waals surface area contributed by atoms with E-state index in [4.69, 9.17) is 0 Å². The number of hydrogen-bond donors (Lipinski definition) is 3. The Balaban J connectivity index is 1.74. The number of H-pyrrole nitrogens is 1. The van der Waals surface area contributed by atoms with Crippen molar-refractivity contribution in [2.24, 2.45) is 5.92 Å². The van der Waals surface area contributed by atoms with Crippen molar-refractivity contribution >= 4 is 23.7 Å². The lowest BCUT2D eigenvalue weighted by Gasteiger charge is -2.04. The third-order valence-electron chi connectivity index (χ3n) is 3.28. The number of amides is 3. The summed E-state index contributed by atoms with van der Waals surface area (Å²) >= 11 is 1.21. The first-order valence-corrected chi connectivity index (χ1v) is 7.71. The number of carbonyl (C=O) groups is 2. The van der Waals surface area contributed by atoms with E-state index in [0.29, 0.717) is 11.1 Å². The third-order valence-corrected chi connectivity index (χ3v) is 4.13. The molecule has 0 unspecified atom stereocenters. The molecule has 1 saturated carbocycles. The highest BCUT2D eigenvalue weighted by molar-refractivity contribution is 7.99. The lowest BCUT2D eigenvalue weighted by molar-refractivity contribution is -0.117. The maximum Gasteiger partial charge on any atom is 0.321 e. The average molecular weight is 297 g/mol. The minimum absolute atomic E-state index is 0.119. The predicted molar refractivity (Wildman–Crippen MR) is 75.4 cm³/mol. The SMILES string of the molecule is CNC(=O)NC(=O)CSc1n[nH]c(CC2CCCC2)n1. The van der Waals surface area contributed by atoms with Crippen LogP contribution in [0.1, 0.15) is 31.5 Å². The van der Waals surface area contributed by atoms with Crippen molar-refractivity contribution in [3.63, 3.8) is 0 Å². The van der Waals surface area contributed by atoms with Gasteiger partial charge in [0.25, 0.3) is 0 Å². The number of thioether (sulfide) groups is 1. The number of aromatic amines is 1. The zero-order chi connectivity index (χ0) is 14.4. The van der Waals surface area contributed by atoms with Crippen molar-refractivity contribution in [1.82, 2.24) is 25.8 Å². The Morgan fingerprint density at radius 1 is 1.40 bits per heavy atom. The minimum Gasteiger partial charge on any atom is -0.341 e. The van der Waals surface area contributed by atoms with Gasteiger partial charge >= 0.3 is 6.03 Å². The Morgan fingerprint density at radius 3 is 2.85 bits per heavy atom. The summed E-state index contributed by atoms with van der Waals surface area (Å²) in [5, 5.41) is 12.0. The van der Waals surface area contributed by atoms with E-state index in [-0.39, 0.29) is 11.7 Å². The predicted octanol–water partition coefficient (Wildman–Crippen LogP) is 1.09. The Bertz CT molecular complexity index is 470. The maximum atomic E-state index is 11.4. The van der Waals surface area contributed by atoms with Crippen molar-refractivity contribution in [2.45, 2.75) is 37.3 Å². The number of carbonyl (C=O) groups excluding carboxylic acids is 2. The highest BCUT2D eigenvalue weighted by Gasteiger charge is 2.17. The van der Waals surface area contributed by atoms with E-state index in [1.165, 1.54) is 44.5 Å². The quantitative estimate of drug-likeness (QED) is 0.706. The average Bonchev–Trinajstić information content (AvgIpc) is 3.08. The number of hydrogen-bond acceptors (Lipinski definition) is 5. The molecule has 7 nitrogen and oxygen atoms in total. The van der Waals surface area contributed by atoms with Crippen LogP contribution in [-0.4, -0.2) is 39.9 Å². The first-order chi connectivity index (χ1) is 9.67. The van der Waals surface area contributed by atoms with Crippen LogP contribution in [0.5, 0.6) is 0 Å². The Kier molecular flexibility index (Phi) is 5.40. The molecule has 1 fully saturated rings. The molecule has 0 radical (unpaired) electrons. The first-order valence-electron chi connectivity index (χ1n) is 6.73. The molecule has 3 amide bonds. The van der Waals surface area contributed by atoms with Crippen LogP contribution in [0.15, 0.2) is 5.16 Å². The van der Waals surface area contributed by atoms with Gasteiger partial charge in [-0.1, -0.05) is 37.4 Å². The summed E-state index contributed by atoms with van der Waals surface area (Å²) in [6.07, 6.45) is 6.06. The molecule has 1 aliphatic rings. The summed E-state index contributed by atoms with van der Waals surface area (Å²) in [4.78, 5) is 26.7. The number of urea groups is 1. The highest BCUT2D eigenvalue weighted by atomic mass is 32.2. The topological polar surface area (TPSA) is 99.8 Å². The second kappa shape index (κ2) is 7.28. The zero-order valence-corrected chi connectivity index (χ0v) is 12.3. The van der Waals surface area contributed by atoms with Crippen molar-refractivity contribution in [3.8, 4) is 0 Å². The summed E-state index contributed by atoms with van der Waals surface area (Å²) in [5.41, 5.74) is 0. The molecule has 2 rings (SSSR count). The van der Waals surface area contributed by atoms with Crippen molar-refractivity contribution in [3.05, 3.63) is 5.82 Å². The fourth-order valence-electron chi connectivity index (χ4n) is 2.28. The summed E-state index contributed by atoms with van der Waals surface area (Å²) in [6, 6.07) is -0.507. The summed E-state index contributed by atoms with van der Waals surface area (Å²) in [6.45, 7) is 0. The second-order valence-electron chi connectivity index (χ2n) is 4.84. The molecular weight excluding hydrogens is 278 g/mol. The summed E-state index contributed by atoms with van der Waals surface area (Å²) in [5.74, 6) is 1.34. The Hall–Kier alpha value is -1.57. The van der Waals surface area contributed by atoms with E-state index >= 15 is 0 Å². The Labute approximate surface area is 121 Å². The molecule has 0 aromatic carbocycles. The van der Waals surface area contributed by atoms with Gasteiger partial charge in [-0.2, -0.15) is 0 Å². The molecule has 8 heteroatoms. The van der Waals surface area contributed by atoms with Crippen molar-refractivity contribution < 1.29 is 9.59 Å². The van der Waals surface area contributed by atoms with Crippen LogP contribution < -0.4 is 10.6 Å². The maximum absolute atomic E-state index is 11.4. The van der Waals surface area contributed by atoms with Gasteiger partial charge < -0.3 is 5.32 Å². The smallest absolute Gasteiger partial charge is 0.321 e. The van der Waals surface area contributed by atoms with E-state index in [1.54, 1.807) is 0 Å². The minimum atomic E-state index is -0.507. The molecule has 3 N–H and O–H groups in total. The van der Waals surface area contributed by atoms with Crippen molar-refractivity contribution in [1.29, 1.82) is 0 Å². The zero-order valence-electron chi connectivity index (χ0n) is 11.4. The van der Waals surface area contributed by atoms with Crippen LogP contribution in [0.25, 0.3) is 0 Å². The number of rotatable bonds is 5. The Morgan fingerprint density at radius 2 is 2.15 bits per heavy atom. The van der Waals surface area contributed by atoms with Gasteiger partial charge in [0, 0.05) is 13.5 Å². The van der Waals surface area contributed by atoms with Crippen molar-refractivity contribution in [2.75, 3.05) is 12.8 Å². The van der Waals surface area contributed by atoms with Gasteiger partial charge in [0.1, 0.15) is 5.82 Å². The van der Waals surface area contributed by atoms with Crippen LogP contribution in [0.2, 0.25) is 0 Å². The molecule has 0 saturated heterocycles. The molecule has 110 valence electrons. The van der Waals surface area contributed by atoms with Crippen LogP contribution in [0.3, 0.4) is 0 Å². The van der Waals surface area contributed by atoms with Crippen LogP contribution in [0.4, 0.5) is 4.79 Å². The summed E-state index contributed by atoms with van der Waals surface area (Å²) < 4.78 is 0. The van der Waals surface area contributed by atoms with E-state index in [2.05, 4.69) is 25.8 Å².